The minimum absolute atomic E-state index is 0.146. The average molecular weight is 581 g/mol. The zero-order chi connectivity index (χ0) is 30.2. The average Bonchev–Trinajstić information content (AvgIpc) is 2.89. The Morgan fingerprint density at radius 1 is 0.756 bits per heavy atom. The van der Waals surface area contributed by atoms with Gasteiger partial charge in [0.2, 0.25) is 12.4 Å². The Morgan fingerprint density at radius 2 is 1.27 bits per heavy atom. The molecule has 1 aliphatic rings. The summed E-state index contributed by atoms with van der Waals surface area (Å²) < 4.78 is 73.3. The Kier molecular flexibility index (Phi) is 10.4. The number of halogens is 3. The summed E-state index contributed by atoms with van der Waals surface area (Å²) in [6, 6.07) is 15.3. The fraction of sp³-hybridized carbons (Fsp3) is 0.370. The third kappa shape index (κ3) is 9.03. The molecule has 0 radical (unpaired) electrons. The minimum atomic E-state index is -5.19. The molecule has 3 rings (SSSR count). The van der Waals surface area contributed by atoms with E-state index in [1.54, 1.807) is 36.4 Å². The van der Waals surface area contributed by atoms with Crippen molar-refractivity contribution in [3.8, 4) is 0 Å². The van der Waals surface area contributed by atoms with Crippen LogP contribution in [-0.2, 0) is 54.2 Å². The van der Waals surface area contributed by atoms with Crippen molar-refractivity contribution in [2.45, 2.75) is 64.3 Å². The Labute approximate surface area is 232 Å². The van der Waals surface area contributed by atoms with Crippen molar-refractivity contribution in [2.75, 3.05) is 0 Å². The molecule has 220 valence electrons. The van der Waals surface area contributed by atoms with E-state index in [-0.39, 0.29) is 12.3 Å². The second-order valence-electron chi connectivity index (χ2n) is 8.61. The number of nitrogens with zero attached hydrogens (tertiary/aromatic N) is 1. The Balaban J connectivity index is 2.04. The zero-order valence-corrected chi connectivity index (χ0v) is 22.0. The van der Waals surface area contributed by atoms with E-state index in [0.717, 1.165) is 20.8 Å². The first-order valence-electron chi connectivity index (χ1n) is 12.1. The van der Waals surface area contributed by atoms with Gasteiger partial charge in [0.25, 0.3) is 5.90 Å². The number of carbonyl (C=O) groups is 4. The summed E-state index contributed by atoms with van der Waals surface area (Å²) in [7, 11) is 0. The van der Waals surface area contributed by atoms with Gasteiger partial charge in [0.15, 0.2) is 18.3 Å². The molecule has 41 heavy (non-hydrogen) atoms. The van der Waals surface area contributed by atoms with Crippen LogP contribution < -0.4 is 0 Å². The molecule has 1 unspecified atom stereocenters. The molecule has 5 atom stereocenters. The van der Waals surface area contributed by atoms with Gasteiger partial charge in [-0.3, -0.25) is 14.4 Å². The lowest BCUT2D eigenvalue weighted by Gasteiger charge is -2.43. The number of aliphatic imine (C=N–C) groups is 1. The van der Waals surface area contributed by atoms with Gasteiger partial charge < -0.3 is 28.4 Å². The second-order valence-corrected chi connectivity index (χ2v) is 8.61. The summed E-state index contributed by atoms with van der Waals surface area (Å²) in [6.07, 6.45) is -15.0. The van der Waals surface area contributed by atoms with Crippen LogP contribution >= 0.6 is 0 Å². The van der Waals surface area contributed by atoms with Crippen LogP contribution in [0, 0.1) is 0 Å². The Bertz CT molecular complexity index is 1250. The number of alkyl halides is 3. The largest absolute Gasteiger partial charge is 0.468 e. The van der Waals surface area contributed by atoms with E-state index in [1.165, 1.54) is 24.3 Å². The van der Waals surface area contributed by atoms with Crippen molar-refractivity contribution in [3.05, 3.63) is 66.2 Å². The lowest BCUT2D eigenvalue weighted by atomic mass is 9.97. The summed E-state index contributed by atoms with van der Waals surface area (Å²) >= 11 is 0. The predicted octanol–water partition coefficient (Wildman–Crippen LogP) is 3.56. The molecule has 0 bridgehead atoms. The molecular weight excluding hydrogens is 555 g/mol. The second kappa shape index (κ2) is 13.7. The molecule has 1 fully saturated rings. The van der Waals surface area contributed by atoms with Gasteiger partial charge in [-0.05, 0) is 17.7 Å². The summed E-state index contributed by atoms with van der Waals surface area (Å²) in [5.41, 5.74) is 0.407. The number of carbonyl (C=O) groups excluding carboxylic acids is 4. The topological polar surface area (TPSA) is 136 Å². The van der Waals surface area contributed by atoms with E-state index < -0.39 is 66.7 Å². The Hall–Kier alpha value is -4.46. The number of benzene rings is 2. The maximum absolute atomic E-state index is 14.0. The number of ether oxygens (including phenoxy) is 6. The fourth-order valence-electron chi connectivity index (χ4n) is 3.76. The van der Waals surface area contributed by atoms with Gasteiger partial charge in [0.05, 0.1) is 5.69 Å². The molecule has 1 heterocycles. The number of para-hydroxylation sites is 1. The molecule has 1 saturated heterocycles. The molecule has 2 aromatic rings. The zero-order valence-electron chi connectivity index (χ0n) is 22.0. The summed E-state index contributed by atoms with van der Waals surface area (Å²) in [5, 5.41) is 0. The van der Waals surface area contributed by atoms with Crippen LogP contribution in [0.25, 0.3) is 0 Å². The van der Waals surface area contributed by atoms with Crippen LogP contribution in [0.1, 0.15) is 26.3 Å². The lowest BCUT2D eigenvalue weighted by Crippen LogP contribution is -2.64. The van der Waals surface area contributed by atoms with Crippen LogP contribution in [0.2, 0.25) is 0 Å². The molecule has 11 nitrogen and oxygen atoms in total. The van der Waals surface area contributed by atoms with E-state index in [0.29, 0.717) is 5.56 Å². The molecule has 0 aliphatic carbocycles. The van der Waals surface area contributed by atoms with Crippen molar-refractivity contribution in [1.82, 2.24) is 0 Å². The maximum Gasteiger partial charge on any atom is 0.468 e. The van der Waals surface area contributed by atoms with E-state index in [4.69, 9.17) is 28.4 Å². The molecular formula is C27H26F3NO10. The quantitative estimate of drug-likeness (QED) is 0.197. The molecule has 0 aromatic heterocycles. The minimum Gasteiger partial charge on any atom is -0.459 e. The standard InChI is InChI=1S/C27H26F3NO10/c1-15(32)37-20-21(38-16(2)33)23(39-17(3)34)25(40-22(20)24(35)36-14-18-10-6-4-7-11-18)41-26(27(28,29)30)31-19-12-8-5-9-13-19/h4-13,20-23,25H,14H2,1-3H3/t20-,21-,22-,23+,25?/m0/s1. The van der Waals surface area contributed by atoms with E-state index in [1.807, 2.05) is 0 Å². The van der Waals surface area contributed by atoms with Gasteiger partial charge in [-0.2, -0.15) is 13.2 Å². The highest BCUT2D eigenvalue weighted by Crippen LogP contribution is 2.33. The third-order valence-electron chi connectivity index (χ3n) is 5.31. The normalized spacial score (nSPS) is 22.7. The van der Waals surface area contributed by atoms with Crippen LogP contribution in [0.15, 0.2) is 65.7 Å². The monoisotopic (exact) mass is 581 g/mol. The van der Waals surface area contributed by atoms with Gasteiger partial charge in [0.1, 0.15) is 6.61 Å². The van der Waals surface area contributed by atoms with Gasteiger partial charge >= 0.3 is 30.1 Å². The van der Waals surface area contributed by atoms with Gasteiger partial charge in [-0.25, -0.2) is 9.79 Å². The van der Waals surface area contributed by atoms with Crippen LogP contribution in [0.5, 0.6) is 0 Å². The number of esters is 4. The lowest BCUT2D eigenvalue weighted by molar-refractivity contribution is -0.289. The summed E-state index contributed by atoms with van der Waals surface area (Å²) in [6.45, 7) is 2.55. The first-order valence-corrected chi connectivity index (χ1v) is 12.1. The van der Waals surface area contributed by atoms with Gasteiger partial charge in [-0.1, -0.05) is 48.5 Å². The van der Waals surface area contributed by atoms with Crippen molar-refractivity contribution in [2.24, 2.45) is 4.99 Å². The van der Waals surface area contributed by atoms with Gasteiger partial charge in [0, 0.05) is 20.8 Å². The Morgan fingerprint density at radius 3 is 1.80 bits per heavy atom. The van der Waals surface area contributed by atoms with E-state index >= 15 is 0 Å². The first kappa shape index (κ1) is 31.1. The van der Waals surface area contributed by atoms with E-state index in [9.17, 15) is 32.3 Å². The van der Waals surface area contributed by atoms with Crippen molar-refractivity contribution < 1.29 is 60.8 Å². The highest BCUT2D eigenvalue weighted by atomic mass is 19.4. The fourth-order valence-corrected chi connectivity index (χ4v) is 3.76. The van der Waals surface area contributed by atoms with Crippen molar-refractivity contribution >= 4 is 35.5 Å². The van der Waals surface area contributed by atoms with E-state index in [2.05, 4.69) is 4.99 Å². The molecule has 0 amide bonds. The van der Waals surface area contributed by atoms with Gasteiger partial charge in [-0.15, -0.1) is 0 Å². The SMILES string of the molecule is CC(=O)O[C@H]1[C@H](OC(C)=O)[C@@H](OC(C)=O)C(OC(=Nc2ccccc2)C(F)(F)F)O[C@@H]1C(=O)OCc1ccccc1. The molecule has 0 N–H and O–H groups in total. The number of hydrogen-bond acceptors (Lipinski definition) is 11. The van der Waals surface area contributed by atoms with Crippen molar-refractivity contribution in [1.29, 1.82) is 0 Å². The third-order valence-corrected chi connectivity index (χ3v) is 5.31. The van der Waals surface area contributed by atoms with Crippen LogP contribution in [0.3, 0.4) is 0 Å². The summed E-state index contributed by atoms with van der Waals surface area (Å²) in [5.74, 6) is -6.03. The molecule has 2 aromatic carbocycles. The smallest absolute Gasteiger partial charge is 0.459 e. The number of hydrogen-bond donors (Lipinski definition) is 0. The summed E-state index contributed by atoms with van der Waals surface area (Å²) in [4.78, 5) is 52.5. The molecule has 0 spiro atoms. The molecule has 1 aliphatic heterocycles. The predicted molar refractivity (Wildman–Crippen MR) is 132 cm³/mol. The first-order chi connectivity index (χ1) is 19.3. The molecule has 14 heteroatoms. The highest BCUT2D eigenvalue weighted by molar-refractivity contribution is 5.85. The molecule has 0 saturated carbocycles. The number of rotatable bonds is 8. The highest BCUT2D eigenvalue weighted by Gasteiger charge is 2.57. The maximum atomic E-state index is 14.0. The van der Waals surface area contributed by atoms with Crippen LogP contribution in [-0.4, -0.2) is 66.7 Å². The van der Waals surface area contributed by atoms with Crippen molar-refractivity contribution in [3.63, 3.8) is 0 Å². The van der Waals surface area contributed by atoms with Crippen LogP contribution in [0.4, 0.5) is 18.9 Å².